The van der Waals surface area contributed by atoms with E-state index >= 15 is 0 Å². The Bertz CT molecular complexity index is 292. The lowest BCUT2D eigenvalue weighted by Crippen LogP contribution is -2.21. The van der Waals surface area contributed by atoms with Gasteiger partial charge in [-0.1, -0.05) is 20.3 Å². The highest BCUT2D eigenvalue weighted by Crippen LogP contribution is 2.42. The highest BCUT2D eigenvalue weighted by Gasteiger charge is 2.29. The molecule has 1 aromatic rings. The monoisotopic (exact) mass is 190 g/mol. The van der Waals surface area contributed by atoms with Crippen molar-refractivity contribution < 1.29 is 0 Å². The van der Waals surface area contributed by atoms with Crippen LogP contribution in [0.25, 0.3) is 0 Å². The molecule has 2 nitrogen and oxygen atoms in total. The van der Waals surface area contributed by atoms with Gasteiger partial charge in [0.25, 0.3) is 0 Å². The fourth-order valence-electron chi connectivity index (χ4n) is 2.49. The smallest absolute Gasteiger partial charge is 0.115 e. The number of hydrogen-bond donors (Lipinski definition) is 0. The summed E-state index contributed by atoms with van der Waals surface area (Å²) < 4.78 is 0. The molecule has 0 saturated heterocycles. The Morgan fingerprint density at radius 3 is 2.93 bits per heavy atom. The van der Waals surface area contributed by atoms with Gasteiger partial charge in [0.05, 0.1) is 0 Å². The van der Waals surface area contributed by atoms with Gasteiger partial charge < -0.3 is 0 Å². The van der Waals surface area contributed by atoms with Crippen LogP contribution in [0, 0.1) is 5.41 Å². The molecule has 14 heavy (non-hydrogen) atoms. The minimum atomic E-state index is 0.494. The molecule has 0 radical (unpaired) electrons. The van der Waals surface area contributed by atoms with Crippen LogP contribution in [0.15, 0.2) is 18.6 Å². The quantitative estimate of drug-likeness (QED) is 0.679. The van der Waals surface area contributed by atoms with E-state index in [1.165, 1.54) is 31.4 Å². The van der Waals surface area contributed by atoms with E-state index in [9.17, 15) is 0 Å². The van der Waals surface area contributed by atoms with Crippen LogP contribution >= 0.6 is 0 Å². The van der Waals surface area contributed by atoms with Gasteiger partial charge in [-0.2, -0.15) is 0 Å². The molecule has 1 aliphatic rings. The van der Waals surface area contributed by atoms with Crippen molar-refractivity contribution in [1.29, 1.82) is 0 Å². The summed E-state index contributed by atoms with van der Waals surface area (Å²) in [5, 5.41) is 0. The highest BCUT2D eigenvalue weighted by molar-refractivity contribution is 5.07. The van der Waals surface area contributed by atoms with Crippen LogP contribution in [0.1, 0.15) is 51.1 Å². The molecule has 2 heteroatoms. The maximum absolute atomic E-state index is 4.36. The van der Waals surface area contributed by atoms with Crippen LogP contribution < -0.4 is 0 Å². The second-order valence-electron chi connectivity index (χ2n) is 5.09. The molecular weight excluding hydrogens is 172 g/mol. The van der Waals surface area contributed by atoms with Gasteiger partial charge in [0.1, 0.15) is 6.33 Å². The normalized spacial score (nSPS) is 26.0. The van der Waals surface area contributed by atoms with Gasteiger partial charge in [-0.05, 0) is 30.7 Å². The number of aromatic nitrogens is 2. The van der Waals surface area contributed by atoms with E-state index in [1.54, 1.807) is 6.33 Å². The van der Waals surface area contributed by atoms with E-state index in [-0.39, 0.29) is 0 Å². The van der Waals surface area contributed by atoms with Gasteiger partial charge in [-0.15, -0.1) is 0 Å². The van der Waals surface area contributed by atoms with Crippen LogP contribution in [0.4, 0.5) is 0 Å². The number of rotatable bonds is 1. The predicted molar refractivity (Wildman–Crippen MR) is 57.0 cm³/mol. The molecule has 0 spiro atoms. The summed E-state index contributed by atoms with van der Waals surface area (Å²) in [6.07, 6.45) is 8.77. The van der Waals surface area contributed by atoms with Gasteiger partial charge in [-0.3, -0.25) is 0 Å². The van der Waals surface area contributed by atoms with Crippen molar-refractivity contribution >= 4 is 0 Å². The summed E-state index contributed by atoms with van der Waals surface area (Å²) in [5.74, 6) is 0.654. The second kappa shape index (κ2) is 3.68. The molecule has 0 aromatic carbocycles. The van der Waals surface area contributed by atoms with Crippen molar-refractivity contribution in [3.63, 3.8) is 0 Å². The zero-order valence-electron chi connectivity index (χ0n) is 9.03. The first-order valence-corrected chi connectivity index (χ1v) is 5.43. The van der Waals surface area contributed by atoms with Crippen LogP contribution in [-0.4, -0.2) is 9.97 Å². The third-order valence-electron chi connectivity index (χ3n) is 3.23. The molecule has 0 amide bonds. The van der Waals surface area contributed by atoms with Gasteiger partial charge in [-0.25, -0.2) is 9.97 Å². The fourth-order valence-corrected chi connectivity index (χ4v) is 2.49. The van der Waals surface area contributed by atoms with E-state index in [0.29, 0.717) is 11.3 Å². The first-order chi connectivity index (χ1) is 6.67. The maximum atomic E-state index is 4.36. The lowest BCUT2D eigenvalue weighted by atomic mass is 9.71. The first kappa shape index (κ1) is 9.63. The second-order valence-corrected chi connectivity index (χ2v) is 5.09. The van der Waals surface area contributed by atoms with Gasteiger partial charge in [0, 0.05) is 17.8 Å². The third-order valence-corrected chi connectivity index (χ3v) is 3.23. The Morgan fingerprint density at radius 1 is 1.43 bits per heavy atom. The van der Waals surface area contributed by atoms with Crippen LogP contribution in [0.5, 0.6) is 0 Å². The molecule has 1 aromatic heterocycles. The Balaban J connectivity index is 2.12. The Hall–Kier alpha value is -0.920. The summed E-state index contributed by atoms with van der Waals surface area (Å²) >= 11 is 0. The Morgan fingerprint density at radius 2 is 2.29 bits per heavy atom. The van der Waals surface area contributed by atoms with E-state index in [4.69, 9.17) is 0 Å². The molecule has 76 valence electrons. The summed E-state index contributed by atoms with van der Waals surface area (Å²) in [6, 6.07) is 2.06. The zero-order chi connectivity index (χ0) is 10.0. The molecule has 0 unspecified atom stereocenters. The molecule has 1 aliphatic carbocycles. The van der Waals surface area contributed by atoms with Crippen molar-refractivity contribution in [2.75, 3.05) is 0 Å². The average molecular weight is 190 g/mol. The standard InChI is InChI=1S/C12H18N2/c1-12(2)6-3-4-10(8-12)11-5-7-13-9-14-11/h5,7,9-10H,3-4,6,8H2,1-2H3/t10-/m1/s1. The highest BCUT2D eigenvalue weighted by atomic mass is 14.8. The number of hydrogen-bond acceptors (Lipinski definition) is 2. The molecular formula is C12H18N2. The summed E-state index contributed by atoms with van der Waals surface area (Å²) in [7, 11) is 0. The lowest BCUT2D eigenvalue weighted by Gasteiger charge is -2.34. The van der Waals surface area contributed by atoms with Crippen LogP contribution in [0.2, 0.25) is 0 Å². The zero-order valence-corrected chi connectivity index (χ0v) is 9.03. The van der Waals surface area contributed by atoms with Crippen molar-refractivity contribution in [3.05, 3.63) is 24.3 Å². The van der Waals surface area contributed by atoms with Crippen molar-refractivity contribution in [3.8, 4) is 0 Å². The molecule has 0 bridgehead atoms. The topological polar surface area (TPSA) is 25.8 Å². The molecule has 1 saturated carbocycles. The summed E-state index contributed by atoms with van der Waals surface area (Å²) in [5.41, 5.74) is 1.72. The van der Waals surface area contributed by atoms with E-state index in [0.717, 1.165) is 0 Å². The minimum absolute atomic E-state index is 0.494. The molecule has 1 heterocycles. The van der Waals surface area contributed by atoms with Gasteiger partial charge in [0.2, 0.25) is 0 Å². The summed E-state index contributed by atoms with van der Waals surface area (Å²) in [4.78, 5) is 8.32. The lowest BCUT2D eigenvalue weighted by molar-refractivity contribution is 0.217. The molecule has 1 fully saturated rings. The molecule has 0 N–H and O–H groups in total. The molecule has 1 atom stereocenters. The van der Waals surface area contributed by atoms with Crippen LogP contribution in [-0.2, 0) is 0 Å². The predicted octanol–water partition coefficient (Wildman–Crippen LogP) is 3.16. The van der Waals surface area contributed by atoms with Crippen molar-refractivity contribution in [1.82, 2.24) is 9.97 Å². The molecule has 0 aliphatic heterocycles. The van der Waals surface area contributed by atoms with E-state index < -0.39 is 0 Å². The number of nitrogens with zero attached hydrogens (tertiary/aromatic N) is 2. The van der Waals surface area contributed by atoms with Crippen molar-refractivity contribution in [2.45, 2.75) is 45.4 Å². The summed E-state index contributed by atoms with van der Waals surface area (Å²) in [6.45, 7) is 4.72. The molecule has 2 rings (SSSR count). The van der Waals surface area contributed by atoms with Crippen LogP contribution in [0.3, 0.4) is 0 Å². The van der Waals surface area contributed by atoms with E-state index in [2.05, 4.69) is 29.9 Å². The maximum Gasteiger partial charge on any atom is 0.115 e. The first-order valence-electron chi connectivity index (χ1n) is 5.43. The fraction of sp³-hybridized carbons (Fsp3) is 0.667. The van der Waals surface area contributed by atoms with Crippen molar-refractivity contribution in [2.24, 2.45) is 5.41 Å². The largest absolute Gasteiger partial charge is 0.245 e. The average Bonchev–Trinajstić information content (AvgIpc) is 2.18. The van der Waals surface area contributed by atoms with Gasteiger partial charge >= 0.3 is 0 Å². The SMILES string of the molecule is CC1(C)CCC[C@@H](c2ccncn2)C1. The third kappa shape index (κ3) is 2.11. The Labute approximate surface area is 85.8 Å². The van der Waals surface area contributed by atoms with Gasteiger partial charge in [0.15, 0.2) is 0 Å². The Kier molecular flexibility index (Phi) is 2.53. The minimum Gasteiger partial charge on any atom is -0.245 e. The van der Waals surface area contributed by atoms with E-state index in [1.807, 2.05) is 6.20 Å².